The van der Waals surface area contributed by atoms with Crippen LogP contribution in [-0.2, 0) is 0 Å². The first kappa shape index (κ1) is 17.0. The Bertz CT molecular complexity index is 961. The average Bonchev–Trinajstić information content (AvgIpc) is 3.27. The molecule has 1 aliphatic rings. The molecule has 4 rings (SSSR count). The summed E-state index contributed by atoms with van der Waals surface area (Å²) in [6.45, 7) is 2.64. The van der Waals surface area contributed by atoms with Crippen molar-refractivity contribution in [2.24, 2.45) is 0 Å². The summed E-state index contributed by atoms with van der Waals surface area (Å²) in [5.41, 5.74) is 2.65. The van der Waals surface area contributed by atoms with E-state index in [1.165, 1.54) is 0 Å². The number of nitrogens with zero attached hydrogens (tertiary/aromatic N) is 1. The van der Waals surface area contributed by atoms with Gasteiger partial charge in [-0.25, -0.2) is 0 Å². The molecular weight excluding hydrogens is 350 g/mol. The Morgan fingerprint density at radius 1 is 1.23 bits per heavy atom. The molecule has 134 valence electrons. The second-order valence-corrected chi connectivity index (χ2v) is 7.06. The molecule has 1 fully saturated rings. The van der Waals surface area contributed by atoms with E-state index >= 15 is 0 Å². The molecule has 0 aliphatic carbocycles. The first-order valence-electron chi connectivity index (χ1n) is 8.72. The highest BCUT2D eigenvalue weighted by atomic mass is 35.5. The van der Waals surface area contributed by atoms with Gasteiger partial charge in [0.1, 0.15) is 11.3 Å². The highest BCUT2D eigenvalue weighted by molar-refractivity contribution is 6.31. The van der Waals surface area contributed by atoms with E-state index in [4.69, 9.17) is 20.8 Å². The predicted molar refractivity (Wildman–Crippen MR) is 102 cm³/mol. The highest BCUT2D eigenvalue weighted by Crippen LogP contribution is 2.36. The number of furan rings is 1. The van der Waals surface area contributed by atoms with Gasteiger partial charge >= 0.3 is 0 Å². The second-order valence-electron chi connectivity index (χ2n) is 6.63. The van der Waals surface area contributed by atoms with E-state index in [-0.39, 0.29) is 11.9 Å². The molecule has 0 radical (unpaired) electrons. The Kier molecular flexibility index (Phi) is 4.37. The first-order valence-corrected chi connectivity index (χ1v) is 9.10. The lowest BCUT2D eigenvalue weighted by molar-refractivity contribution is 0.0704. The summed E-state index contributed by atoms with van der Waals surface area (Å²) in [5.74, 6) is 1.16. The number of methoxy groups -OCH3 is 1. The number of fused-ring (bicyclic) bond motifs is 1. The summed E-state index contributed by atoms with van der Waals surface area (Å²) < 4.78 is 11.1. The quantitative estimate of drug-likeness (QED) is 0.622. The number of amides is 1. The fourth-order valence-electron chi connectivity index (χ4n) is 3.71. The molecule has 0 bridgehead atoms. The van der Waals surface area contributed by atoms with Crippen molar-refractivity contribution in [3.8, 4) is 5.75 Å². The number of halogens is 1. The van der Waals surface area contributed by atoms with Gasteiger partial charge in [-0.2, -0.15) is 0 Å². The van der Waals surface area contributed by atoms with Crippen LogP contribution in [0.5, 0.6) is 5.75 Å². The SMILES string of the molecule is COc1ccc(C2CCCN2C(=O)c2oc3ccc(Cl)cc3c2C)cc1. The van der Waals surface area contributed by atoms with Crippen LogP contribution in [0.3, 0.4) is 0 Å². The summed E-state index contributed by atoms with van der Waals surface area (Å²) in [7, 11) is 1.65. The molecule has 1 atom stereocenters. The van der Waals surface area contributed by atoms with Gasteiger partial charge in [-0.15, -0.1) is 0 Å². The van der Waals surface area contributed by atoms with Crippen LogP contribution in [-0.4, -0.2) is 24.5 Å². The second kappa shape index (κ2) is 6.69. The Labute approximate surface area is 157 Å². The van der Waals surface area contributed by atoms with Crippen molar-refractivity contribution in [2.45, 2.75) is 25.8 Å². The van der Waals surface area contributed by atoms with E-state index in [1.807, 2.05) is 48.2 Å². The van der Waals surface area contributed by atoms with Crippen LogP contribution in [0.15, 0.2) is 46.9 Å². The molecule has 1 unspecified atom stereocenters. The molecule has 5 heteroatoms. The maximum absolute atomic E-state index is 13.2. The molecule has 0 saturated carbocycles. The lowest BCUT2D eigenvalue weighted by Gasteiger charge is -2.24. The van der Waals surface area contributed by atoms with Gasteiger partial charge < -0.3 is 14.1 Å². The van der Waals surface area contributed by atoms with E-state index in [1.54, 1.807) is 13.2 Å². The number of hydrogen-bond acceptors (Lipinski definition) is 3. The Hall–Kier alpha value is -2.46. The summed E-state index contributed by atoms with van der Waals surface area (Å²) >= 11 is 6.09. The van der Waals surface area contributed by atoms with E-state index < -0.39 is 0 Å². The Morgan fingerprint density at radius 3 is 2.73 bits per heavy atom. The molecule has 1 saturated heterocycles. The summed E-state index contributed by atoms with van der Waals surface area (Å²) in [4.78, 5) is 15.1. The molecule has 3 aromatic rings. The molecule has 1 amide bonds. The Balaban J connectivity index is 1.67. The van der Waals surface area contributed by atoms with Crippen LogP contribution in [0.2, 0.25) is 5.02 Å². The minimum atomic E-state index is -0.0619. The molecule has 26 heavy (non-hydrogen) atoms. The third kappa shape index (κ3) is 2.84. The first-order chi connectivity index (χ1) is 12.6. The number of rotatable bonds is 3. The van der Waals surface area contributed by atoms with Gasteiger partial charge in [0, 0.05) is 22.5 Å². The largest absolute Gasteiger partial charge is 0.497 e. The number of aryl methyl sites for hydroxylation is 1. The molecule has 0 spiro atoms. The van der Waals surface area contributed by atoms with Crippen molar-refractivity contribution in [1.82, 2.24) is 4.90 Å². The summed E-state index contributed by atoms with van der Waals surface area (Å²) in [6, 6.07) is 13.4. The monoisotopic (exact) mass is 369 g/mol. The molecule has 4 nitrogen and oxygen atoms in total. The fourth-order valence-corrected chi connectivity index (χ4v) is 3.88. The van der Waals surface area contributed by atoms with Gasteiger partial charge in [0.15, 0.2) is 5.76 Å². The smallest absolute Gasteiger partial charge is 0.290 e. The van der Waals surface area contributed by atoms with Crippen LogP contribution in [0.1, 0.15) is 40.6 Å². The fraction of sp³-hybridized carbons (Fsp3) is 0.286. The van der Waals surface area contributed by atoms with E-state index in [0.717, 1.165) is 41.6 Å². The lowest BCUT2D eigenvalue weighted by Crippen LogP contribution is -2.30. The van der Waals surface area contributed by atoms with Crippen molar-refractivity contribution in [1.29, 1.82) is 0 Å². The maximum atomic E-state index is 13.2. The van der Waals surface area contributed by atoms with Crippen LogP contribution >= 0.6 is 11.6 Å². The molecule has 0 N–H and O–H groups in total. The van der Waals surface area contributed by atoms with E-state index in [0.29, 0.717) is 16.4 Å². The number of benzene rings is 2. The molecular formula is C21H20ClNO3. The predicted octanol–water partition coefficient (Wildman–Crippen LogP) is 5.38. The van der Waals surface area contributed by atoms with E-state index in [2.05, 4.69) is 0 Å². The highest BCUT2D eigenvalue weighted by Gasteiger charge is 2.33. The summed E-state index contributed by atoms with van der Waals surface area (Å²) in [6.07, 6.45) is 1.93. The normalized spacial score (nSPS) is 17.0. The zero-order valence-corrected chi connectivity index (χ0v) is 15.5. The number of carbonyl (C=O) groups excluding carboxylic acids is 1. The summed E-state index contributed by atoms with van der Waals surface area (Å²) in [5, 5.41) is 1.53. The molecule has 1 aliphatic heterocycles. The standard InChI is InChI=1S/C21H20ClNO3/c1-13-17-12-15(22)7-10-19(17)26-20(13)21(24)23-11-3-4-18(23)14-5-8-16(25-2)9-6-14/h5-10,12,18H,3-4,11H2,1-2H3. The van der Waals surface area contributed by atoms with Gasteiger partial charge in [-0.05, 0) is 55.7 Å². The van der Waals surface area contributed by atoms with Gasteiger partial charge in [-0.1, -0.05) is 23.7 Å². The lowest BCUT2D eigenvalue weighted by atomic mass is 10.0. The van der Waals surface area contributed by atoms with E-state index in [9.17, 15) is 4.79 Å². The third-order valence-corrected chi connectivity index (χ3v) is 5.34. The minimum absolute atomic E-state index is 0.0598. The molecule has 1 aromatic heterocycles. The van der Waals surface area contributed by atoms with Crippen molar-refractivity contribution < 1.29 is 13.9 Å². The van der Waals surface area contributed by atoms with Gasteiger partial charge in [-0.3, -0.25) is 4.79 Å². The van der Waals surface area contributed by atoms with Gasteiger partial charge in [0.05, 0.1) is 13.2 Å². The van der Waals surface area contributed by atoms with Crippen molar-refractivity contribution in [3.63, 3.8) is 0 Å². The number of likely N-dealkylation sites (tertiary alicyclic amines) is 1. The maximum Gasteiger partial charge on any atom is 0.290 e. The number of carbonyl (C=O) groups is 1. The molecule has 2 aromatic carbocycles. The van der Waals surface area contributed by atoms with Crippen LogP contribution in [0.25, 0.3) is 11.0 Å². The van der Waals surface area contributed by atoms with Gasteiger partial charge in [0.2, 0.25) is 0 Å². The van der Waals surface area contributed by atoms with Crippen LogP contribution in [0.4, 0.5) is 0 Å². The Morgan fingerprint density at radius 2 is 2.00 bits per heavy atom. The van der Waals surface area contributed by atoms with Gasteiger partial charge in [0.25, 0.3) is 5.91 Å². The molecule has 2 heterocycles. The van der Waals surface area contributed by atoms with Crippen LogP contribution < -0.4 is 4.74 Å². The number of ether oxygens (including phenoxy) is 1. The topological polar surface area (TPSA) is 42.7 Å². The van der Waals surface area contributed by atoms with Crippen molar-refractivity contribution in [3.05, 3.63) is 64.4 Å². The average molecular weight is 370 g/mol. The van der Waals surface area contributed by atoms with Crippen molar-refractivity contribution >= 4 is 28.5 Å². The third-order valence-electron chi connectivity index (χ3n) is 5.11. The zero-order valence-electron chi connectivity index (χ0n) is 14.8. The minimum Gasteiger partial charge on any atom is -0.497 e. The number of hydrogen-bond donors (Lipinski definition) is 0. The zero-order chi connectivity index (χ0) is 18.3. The van der Waals surface area contributed by atoms with Crippen LogP contribution in [0, 0.1) is 6.92 Å². The van der Waals surface area contributed by atoms with Crippen molar-refractivity contribution in [2.75, 3.05) is 13.7 Å².